The van der Waals surface area contributed by atoms with Crippen LogP contribution in [0.25, 0.3) is 0 Å². The van der Waals surface area contributed by atoms with E-state index in [4.69, 9.17) is 0 Å². The number of aryl methyl sites for hydroxylation is 1. The van der Waals surface area contributed by atoms with Crippen LogP contribution in [0.4, 0.5) is 4.39 Å². The normalized spacial score (nSPS) is 21.3. The molecule has 0 fully saturated rings. The van der Waals surface area contributed by atoms with Gasteiger partial charge in [-0.2, -0.15) is 0 Å². The molecule has 32 heavy (non-hydrogen) atoms. The zero-order valence-corrected chi connectivity index (χ0v) is 18.1. The average molecular weight is 439 g/mol. The van der Waals surface area contributed by atoms with Crippen molar-refractivity contribution in [1.82, 2.24) is 20.6 Å². The molecule has 3 rings (SSSR count). The van der Waals surface area contributed by atoms with Crippen LogP contribution < -0.4 is 10.6 Å². The predicted octanol–water partition coefficient (Wildman–Crippen LogP) is 3.77. The number of hydrogen-bond acceptors (Lipinski definition) is 5. The number of rotatable bonds is 5. The van der Waals surface area contributed by atoms with Crippen LogP contribution in [0.15, 0.2) is 54.6 Å². The Labute approximate surface area is 186 Å². The fraction of sp³-hybridized carbons (Fsp3) is 0.333. The maximum Gasteiger partial charge on any atom is 0.270 e. The zero-order valence-electron chi connectivity index (χ0n) is 18.1. The SMILES string of the molecule is Cc1cc(CNC(=O)c2cc(C(=O)NC3CCC/C=C(O)\C=C/C3C)ncn2)ccc1F. The minimum Gasteiger partial charge on any atom is -0.508 e. The Hall–Kier alpha value is -3.55. The van der Waals surface area contributed by atoms with E-state index in [2.05, 4.69) is 20.6 Å². The summed E-state index contributed by atoms with van der Waals surface area (Å²) in [5, 5.41) is 15.4. The topological polar surface area (TPSA) is 104 Å². The van der Waals surface area contributed by atoms with Crippen LogP contribution in [-0.4, -0.2) is 32.9 Å². The summed E-state index contributed by atoms with van der Waals surface area (Å²) in [4.78, 5) is 33.2. The molecule has 2 unspecified atom stereocenters. The lowest BCUT2D eigenvalue weighted by Crippen LogP contribution is -2.39. The molecule has 0 bridgehead atoms. The number of carbonyl (C=O) groups is 2. The minimum atomic E-state index is -0.455. The maximum atomic E-state index is 13.4. The van der Waals surface area contributed by atoms with Gasteiger partial charge in [0.1, 0.15) is 29.3 Å². The van der Waals surface area contributed by atoms with Crippen LogP contribution in [-0.2, 0) is 6.54 Å². The van der Waals surface area contributed by atoms with Crippen molar-refractivity contribution in [3.8, 4) is 0 Å². The number of aliphatic hydroxyl groups is 1. The van der Waals surface area contributed by atoms with Crippen molar-refractivity contribution in [2.24, 2.45) is 5.92 Å². The van der Waals surface area contributed by atoms with Crippen molar-refractivity contribution >= 4 is 11.8 Å². The van der Waals surface area contributed by atoms with E-state index in [9.17, 15) is 19.1 Å². The summed E-state index contributed by atoms with van der Waals surface area (Å²) in [6.07, 6.45) is 8.73. The summed E-state index contributed by atoms with van der Waals surface area (Å²) in [6, 6.07) is 5.84. The third kappa shape index (κ3) is 6.23. The van der Waals surface area contributed by atoms with Crippen LogP contribution in [0, 0.1) is 18.7 Å². The number of nitrogens with one attached hydrogen (secondary N) is 2. The Balaban J connectivity index is 1.63. The molecule has 1 heterocycles. The van der Waals surface area contributed by atoms with Crippen LogP contribution in [0.3, 0.4) is 0 Å². The number of hydrogen-bond donors (Lipinski definition) is 3. The van der Waals surface area contributed by atoms with Crippen molar-refractivity contribution in [3.63, 3.8) is 0 Å². The largest absolute Gasteiger partial charge is 0.508 e. The first-order chi connectivity index (χ1) is 15.3. The van der Waals surface area contributed by atoms with E-state index < -0.39 is 11.8 Å². The molecule has 0 saturated carbocycles. The fourth-order valence-corrected chi connectivity index (χ4v) is 3.44. The Kier molecular flexibility index (Phi) is 7.70. The lowest BCUT2D eigenvalue weighted by Gasteiger charge is -2.22. The number of halogens is 1. The van der Waals surface area contributed by atoms with Gasteiger partial charge in [-0.25, -0.2) is 14.4 Å². The molecule has 2 atom stereocenters. The highest BCUT2D eigenvalue weighted by Gasteiger charge is 2.21. The third-order valence-corrected chi connectivity index (χ3v) is 5.40. The van der Waals surface area contributed by atoms with Crippen LogP contribution in [0.1, 0.15) is 58.3 Å². The van der Waals surface area contributed by atoms with E-state index >= 15 is 0 Å². The molecule has 0 saturated heterocycles. The number of nitrogens with zero attached hydrogens (tertiary/aromatic N) is 2. The van der Waals surface area contributed by atoms with Gasteiger partial charge in [-0.15, -0.1) is 0 Å². The standard InChI is InChI=1S/C24H27FN4O3/c1-15-7-9-18(30)5-3-4-6-20(15)29-24(32)22-12-21(27-14-28-22)23(31)26-13-17-8-10-19(25)16(2)11-17/h5,7-12,14-15,20,30H,3-4,6,13H2,1-2H3,(H,26,31)(H,29,32)/b9-7-,18-5+. The zero-order chi connectivity index (χ0) is 23.1. The summed E-state index contributed by atoms with van der Waals surface area (Å²) in [6.45, 7) is 3.83. The maximum absolute atomic E-state index is 13.4. The average Bonchev–Trinajstić information content (AvgIpc) is 2.86. The first-order valence-electron chi connectivity index (χ1n) is 10.6. The first kappa shape index (κ1) is 23.1. The Morgan fingerprint density at radius 2 is 1.94 bits per heavy atom. The molecule has 0 aliphatic heterocycles. The molecule has 0 spiro atoms. The van der Waals surface area contributed by atoms with Gasteiger partial charge in [0.15, 0.2) is 0 Å². The van der Waals surface area contributed by atoms with Crippen LogP contribution in [0.5, 0.6) is 0 Å². The molecular weight excluding hydrogens is 411 g/mol. The van der Waals surface area contributed by atoms with Crippen LogP contribution in [0.2, 0.25) is 0 Å². The van der Waals surface area contributed by atoms with E-state index in [1.165, 1.54) is 18.5 Å². The lowest BCUT2D eigenvalue weighted by atomic mass is 9.96. The van der Waals surface area contributed by atoms with Crippen molar-refractivity contribution in [2.75, 3.05) is 0 Å². The Morgan fingerprint density at radius 1 is 1.19 bits per heavy atom. The smallest absolute Gasteiger partial charge is 0.270 e. The molecule has 2 amide bonds. The molecule has 2 aromatic rings. The van der Waals surface area contributed by atoms with Gasteiger partial charge in [0, 0.05) is 18.7 Å². The molecule has 1 aromatic carbocycles. The number of allylic oxidation sites excluding steroid dienone is 2. The summed E-state index contributed by atoms with van der Waals surface area (Å²) >= 11 is 0. The second-order valence-electron chi connectivity index (χ2n) is 7.91. The van der Waals surface area contributed by atoms with Gasteiger partial charge < -0.3 is 15.7 Å². The van der Waals surface area contributed by atoms with Gasteiger partial charge in [0.05, 0.1) is 0 Å². The van der Waals surface area contributed by atoms with Crippen molar-refractivity contribution in [3.05, 3.63) is 82.9 Å². The molecule has 0 radical (unpaired) electrons. The van der Waals surface area contributed by atoms with Crippen molar-refractivity contribution < 1.29 is 19.1 Å². The van der Waals surface area contributed by atoms with Crippen molar-refractivity contribution in [1.29, 1.82) is 0 Å². The highest BCUT2D eigenvalue weighted by Crippen LogP contribution is 2.17. The molecule has 1 aliphatic carbocycles. The van der Waals surface area contributed by atoms with Gasteiger partial charge >= 0.3 is 0 Å². The Bertz CT molecular complexity index is 1050. The van der Waals surface area contributed by atoms with Gasteiger partial charge in [0.2, 0.25) is 0 Å². The molecule has 3 N–H and O–H groups in total. The number of amides is 2. The monoisotopic (exact) mass is 438 g/mol. The number of benzene rings is 1. The van der Waals surface area contributed by atoms with Gasteiger partial charge in [-0.3, -0.25) is 9.59 Å². The second-order valence-corrected chi connectivity index (χ2v) is 7.91. The van der Waals surface area contributed by atoms with E-state index in [1.54, 1.807) is 31.2 Å². The molecule has 7 nitrogen and oxygen atoms in total. The van der Waals surface area contributed by atoms with E-state index in [1.807, 2.05) is 13.0 Å². The Morgan fingerprint density at radius 3 is 2.69 bits per heavy atom. The van der Waals surface area contributed by atoms with Gasteiger partial charge in [0.25, 0.3) is 11.8 Å². The highest BCUT2D eigenvalue weighted by molar-refractivity contribution is 5.97. The molecule has 1 aromatic heterocycles. The number of aliphatic hydroxyl groups excluding tert-OH is 1. The lowest BCUT2D eigenvalue weighted by molar-refractivity contribution is 0.0920. The number of aromatic nitrogens is 2. The van der Waals surface area contributed by atoms with E-state index in [0.717, 1.165) is 24.8 Å². The quantitative estimate of drug-likeness (QED) is 0.659. The second kappa shape index (κ2) is 10.7. The molecule has 1 aliphatic rings. The summed E-state index contributed by atoms with van der Waals surface area (Å²) in [5.74, 6) is -0.909. The minimum absolute atomic E-state index is 0.0105. The molecular formula is C24H27FN4O3. The van der Waals surface area contributed by atoms with E-state index in [-0.39, 0.29) is 41.5 Å². The predicted molar refractivity (Wildman–Crippen MR) is 118 cm³/mol. The summed E-state index contributed by atoms with van der Waals surface area (Å²) < 4.78 is 13.4. The van der Waals surface area contributed by atoms with Crippen LogP contribution >= 0.6 is 0 Å². The van der Waals surface area contributed by atoms with E-state index in [0.29, 0.717) is 5.56 Å². The van der Waals surface area contributed by atoms with Gasteiger partial charge in [-0.05, 0) is 61.4 Å². The van der Waals surface area contributed by atoms with Crippen molar-refractivity contribution in [2.45, 2.75) is 45.7 Å². The van der Waals surface area contributed by atoms with Gasteiger partial charge in [-0.1, -0.05) is 25.1 Å². The number of carbonyl (C=O) groups excluding carboxylic acids is 2. The fourth-order valence-electron chi connectivity index (χ4n) is 3.44. The summed E-state index contributed by atoms with van der Waals surface area (Å²) in [7, 11) is 0. The summed E-state index contributed by atoms with van der Waals surface area (Å²) in [5.41, 5.74) is 1.42. The third-order valence-electron chi connectivity index (χ3n) is 5.40. The molecule has 8 heteroatoms. The first-order valence-corrected chi connectivity index (χ1v) is 10.6. The molecule has 168 valence electrons. The highest BCUT2D eigenvalue weighted by atomic mass is 19.1.